The van der Waals surface area contributed by atoms with Crippen LogP contribution in [0.5, 0.6) is 5.75 Å². The van der Waals surface area contributed by atoms with Crippen molar-refractivity contribution < 1.29 is 18.0 Å². The van der Waals surface area contributed by atoms with Crippen LogP contribution in [0.4, 0.5) is 14.6 Å². The van der Waals surface area contributed by atoms with Crippen LogP contribution in [-0.4, -0.2) is 11.8 Å². The SMILES string of the molecule is CC(C)Cc1c(N)noc1-c1ccc(OC(F)F)cc1. The lowest BCUT2D eigenvalue weighted by molar-refractivity contribution is -0.0498. The molecule has 0 unspecified atom stereocenters. The van der Waals surface area contributed by atoms with Gasteiger partial charge in [0, 0.05) is 11.1 Å². The normalized spacial score (nSPS) is 11.3. The Morgan fingerprint density at radius 2 is 1.90 bits per heavy atom. The van der Waals surface area contributed by atoms with E-state index in [1.807, 2.05) is 0 Å². The Bertz CT molecular complexity index is 565. The van der Waals surface area contributed by atoms with Crippen molar-refractivity contribution in [2.45, 2.75) is 26.9 Å². The molecule has 2 rings (SSSR count). The summed E-state index contributed by atoms with van der Waals surface area (Å²) in [5.41, 5.74) is 7.36. The van der Waals surface area contributed by atoms with Gasteiger partial charge in [-0.3, -0.25) is 0 Å². The van der Waals surface area contributed by atoms with Crippen LogP contribution in [0, 0.1) is 5.92 Å². The molecule has 0 saturated heterocycles. The van der Waals surface area contributed by atoms with Crippen molar-refractivity contribution >= 4 is 5.82 Å². The van der Waals surface area contributed by atoms with Crippen LogP contribution in [0.1, 0.15) is 19.4 Å². The standard InChI is InChI=1S/C14H16F2N2O2/c1-8(2)7-11-12(20-18-13(11)17)9-3-5-10(6-4-9)19-14(15)16/h3-6,8,14H,7H2,1-2H3,(H2,17,18). The Balaban J connectivity index is 2.27. The number of halogens is 2. The Labute approximate surface area is 115 Å². The van der Waals surface area contributed by atoms with E-state index in [0.717, 1.165) is 17.5 Å². The Kier molecular flexibility index (Phi) is 4.22. The first-order chi connectivity index (χ1) is 9.47. The van der Waals surface area contributed by atoms with Gasteiger partial charge in [-0.25, -0.2) is 0 Å². The third kappa shape index (κ3) is 3.26. The van der Waals surface area contributed by atoms with Crippen molar-refractivity contribution in [1.82, 2.24) is 5.16 Å². The summed E-state index contributed by atoms with van der Waals surface area (Å²) in [5, 5.41) is 3.77. The number of aromatic nitrogens is 1. The van der Waals surface area contributed by atoms with Crippen LogP contribution in [0.15, 0.2) is 28.8 Å². The zero-order valence-electron chi connectivity index (χ0n) is 11.3. The zero-order valence-corrected chi connectivity index (χ0v) is 11.3. The molecule has 1 aromatic carbocycles. The molecule has 0 aliphatic rings. The fourth-order valence-electron chi connectivity index (χ4n) is 1.94. The van der Waals surface area contributed by atoms with Crippen LogP contribution >= 0.6 is 0 Å². The second-order valence-corrected chi connectivity index (χ2v) is 4.88. The van der Waals surface area contributed by atoms with Gasteiger partial charge in [0.2, 0.25) is 0 Å². The first-order valence-electron chi connectivity index (χ1n) is 6.26. The number of rotatable bonds is 5. The molecule has 0 atom stereocenters. The molecule has 0 bridgehead atoms. The maximum absolute atomic E-state index is 12.1. The highest BCUT2D eigenvalue weighted by atomic mass is 19.3. The molecule has 0 saturated carbocycles. The maximum Gasteiger partial charge on any atom is 0.387 e. The minimum absolute atomic E-state index is 0.0987. The number of hydrogen-bond donors (Lipinski definition) is 1. The van der Waals surface area contributed by atoms with Crippen LogP contribution < -0.4 is 10.5 Å². The molecule has 1 heterocycles. The molecule has 2 N–H and O–H groups in total. The summed E-state index contributed by atoms with van der Waals surface area (Å²) < 4.78 is 33.7. The Morgan fingerprint density at radius 3 is 2.45 bits per heavy atom. The predicted octanol–water partition coefficient (Wildman–Crippen LogP) is 3.72. The summed E-state index contributed by atoms with van der Waals surface area (Å²) in [4.78, 5) is 0. The average Bonchev–Trinajstić information content (AvgIpc) is 2.71. The van der Waals surface area contributed by atoms with E-state index in [1.54, 1.807) is 12.1 Å². The first kappa shape index (κ1) is 14.3. The Morgan fingerprint density at radius 1 is 1.25 bits per heavy atom. The van der Waals surface area contributed by atoms with E-state index in [0.29, 0.717) is 17.5 Å². The van der Waals surface area contributed by atoms with E-state index in [1.165, 1.54) is 12.1 Å². The van der Waals surface area contributed by atoms with Gasteiger partial charge < -0.3 is 15.0 Å². The third-order valence-corrected chi connectivity index (χ3v) is 2.77. The van der Waals surface area contributed by atoms with E-state index in [-0.39, 0.29) is 5.75 Å². The van der Waals surface area contributed by atoms with E-state index >= 15 is 0 Å². The van der Waals surface area contributed by atoms with Gasteiger partial charge in [-0.05, 0) is 36.6 Å². The number of hydrogen-bond acceptors (Lipinski definition) is 4. The minimum Gasteiger partial charge on any atom is -0.435 e. The smallest absolute Gasteiger partial charge is 0.387 e. The number of nitrogen functional groups attached to an aromatic ring is 1. The van der Waals surface area contributed by atoms with E-state index in [2.05, 4.69) is 23.7 Å². The summed E-state index contributed by atoms with van der Waals surface area (Å²) >= 11 is 0. The van der Waals surface area contributed by atoms with Crippen LogP contribution in [0.2, 0.25) is 0 Å². The van der Waals surface area contributed by atoms with E-state index in [9.17, 15) is 8.78 Å². The van der Waals surface area contributed by atoms with Crippen LogP contribution in [-0.2, 0) is 6.42 Å². The number of nitrogens with two attached hydrogens (primary N) is 1. The van der Waals surface area contributed by atoms with Crippen LogP contribution in [0.25, 0.3) is 11.3 Å². The quantitative estimate of drug-likeness (QED) is 0.907. The fraction of sp³-hybridized carbons (Fsp3) is 0.357. The van der Waals surface area contributed by atoms with E-state index in [4.69, 9.17) is 10.3 Å². The third-order valence-electron chi connectivity index (χ3n) is 2.77. The highest BCUT2D eigenvalue weighted by Gasteiger charge is 2.17. The maximum atomic E-state index is 12.1. The monoisotopic (exact) mass is 282 g/mol. The number of anilines is 1. The second kappa shape index (κ2) is 5.90. The molecule has 4 nitrogen and oxygen atoms in total. The lowest BCUT2D eigenvalue weighted by atomic mass is 10.00. The first-order valence-corrected chi connectivity index (χ1v) is 6.26. The van der Waals surface area contributed by atoms with Crippen molar-refractivity contribution in [2.75, 3.05) is 5.73 Å². The van der Waals surface area contributed by atoms with Gasteiger partial charge in [-0.1, -0.05) is 19.0 Å². The lowest BCUT2D eigenvalue weighted by Gasteiger charge is -2.07. The topological polar surface area (TPSA) is 61.3 Å². The fourth-order valence-corrected chi connectivity index (χ4v) is 1.94. The van der Waals surface area contributed by atoms with Crippen molar-refractivity contribution in [3.63, 3.8) is 0 Å². The highest BCUT2D eigenvalue weighted by Crippen LogP contribution is 2.31. The largest absolute Gasteiger partial charge is 0.435 e. The number of nitrogens with zero attached hydrogens (tertiary/aromatic N) is 1. The highest BCUT2D eigenvalue weighted by molar-refractivity contribution is 5.66. The predicted molar refractivity (Wildman–Crippen MR) is 71.5 cm³/mol. The van der Waals surface area contributed by atoms with Gasteiger partial charge in [-0.15, -0.1) is 0 Å². The molecule has 0 spiro atoms. The summed E-state index contributed by atoms with van der Waals surface area (Å²) in [7, 11) is 0. The number of benzene rings is 1. The molecule has 0 fully saturated rings. The molecular weight excluding hydrogens is 266 g/mol. The van der Waals surface area contributed by atoms with Gasteiger partial charge in [0.15, 0.2) is 11.6 Å². The number of alkyl halides is 2. The molecule has 1 aromatic heterocycles. The van der Waals surface area contributed by atoms with Crippen molar-refractivity contribution in [3.8, 4) is 17.1 Å². The lowest BCUT2D eigenvalue weighted by Crippen LogP contribution is -2.01. The molecular formula is C14H16F2N2O2. The molecule has 0 aliphatic carbocycles. The summed E-state index contributed by atoms with van der Waals surface area (Å²) in [6.07, 6.45) is 0.736. The summed E-state index contributed by atoms with van der Waals surface area (Å²) in [5.74, 6) is 1.43. The molecule has 20 heavy (non-hydrogen) atoms. The molecule has 0 amide bonds. The summed E-state index contributed by atoms with van der Waals surface area (Å²) in [6.45, 7) is 1.30. The zero-order chi connectivity index (χ0) is 14.7. The Hall–Kier alpha value is -2.11. The minimum atomic E-state index is -2.83. The molecule has 108 valence electrons. The molecule has 0 aliphatic heterocycles. The molecule has 2 aromatic rings. The van der Waals surface area contributed by atoms with Crippen LogP contribution in [0.3, 0.4) is 0 Å². The van der Waals surface area contributed by atoms with Gasteiger partial charge in [0.05, 0.1) is 0 Å². The van der Waals surface area contributed by atoms with Crippen molar-refractivity contribution in [3.05, 3.63) is 29.8 Å². The summed E-state index contributed by atoms with van der Waals surface area (Å²) in [6, 6.07) is 6.20. The van der Waals surface area contributed by atoms with Gasteiger partial charge in [0.25, 0.3) is 0 Å². The van der Waals surface area contributed by atoms with E-state index < -0.39 is 6.61 Å². The molecule has 6 heteroatoms. The van der Waals surface area contributed by atoms with Crippen molar-refractivity contribution in [1.29, 1.82) is 0 Å². The van der Waals surface area contributed by atoms with Gasteiger partial charge in [0.1, 0.15) is 5.75 Å². The van der Waals surface area contributed by atoms with Crippen molar-refractivity contribution in [2.24, 2.45) is 5.92 Å². The average molecular weight is 282 g/mol. The number of ether oxygens (including phenoxy) is 1. The van der Waals surface area contributed by atoms with Gasteiger partial charge >= 0.3 is 6.61 Å². The van der Waals surface area contributed by atoms with Gasteiger partial charge in [-0.2, -0.15) is 8.78 Å². The second-order valence-electron chi connectivity index (χ2n) is 4.88. The molecule has 0 radical (unpaired) electrons.